The molecule has 0 radical (unpaired) electrons. The molecule has 190 valence electrons. The quantitative estimate of drug-likeness (QED) is 0.366. The van der Waals surface area contributed by atoms with Gasteiger partial charge in [0.1, 0.15) is 0 Å². The summed E-state index contributed by atoms with van der Waals surface area (Å²) in [5, 5.41) is 1.08. The number of rotatable bonds is 10. The molecule has 0 atom stereocenters. The Hall–Kier alpha value is -3.37. The van der Waals surface area contributed by atoms with Crippen molar-refractivity contribution >= 4 is 52.1 Å². The van der Waals surface area contributed by atoms with Crippen LogP contribution in [0.4, 0.5) is 0 Å². The van der Waals surface area contributed by atoms with Gasteiger partial charge in [0.25, 0.3) is 17.7 Å². The number of benzene rings is 2. The molecule has 0 spiro atoms. The van der Waals surface area contributed by atoms with E-state index in [2.05, 4.69) is 5.43 Å². The molecule has 0 unspecified atom stereocenters. The molecular formula is C26H29N3O5S2. The van der Waals surface area contributed by atoms with E-state index in [4.69, 9.17) is 21.7 Å². The van der Waals surface area contributed by atoms with E-state index in [1.165, 1.54) is 0 Å². The van der Waals surface area contributed by atoms with Gasteiger partial charge in [0.15, 0.2) is 22.4 Å². The number of hydrogen-bond acceptors (Lipinski definition) is 7. The van der Waals surface area contributed by atoms with E-state index in [-0.39, 0.29) is 16.8 Å². The van der Waals surface area contributed by atoms with Crippen LogP contribution in [0.15, 0.2) is 47.4 Å². The van der Waals surface area contributed by atoms with Crippen LogP contribution in [0.2, 0.25) is 0 Å². The van der Waals surface area contributed by atoms with Gasteiger partial charge in [-0.15, -0.1) is 0 Å². The van der Waals surface area contributed by atoms with Gasteiger partial charge in [-0.25, -0.2) is 0 Å². The van der Waals surface area contributed by atoms with E-state index in [0.29, 0.717) is 47.2 Å². The van der Waals surface area contributed by atoms with Crippen LogP contribution in [0.25, 0.3) is 6.08 Å². The van der Waals surface area contributed by atoms with Crippen LogP contribution in [0, 0.1) is 6.92 Å². The molecule has 2 aromatic carbocycles. The first-order valence-electron chi connectivity index (χ1n) is 11.6. The molecule has 0 aromatic heterocycles. The van der Waals surface area contributed by atoms with E-state index in [1.807, 2.05) is 39.8 Å². The van der Waals surface area contributed by atoms with Crippen LogP contribution < -0.4 is 14.9 Å². The summed E-state index contributed by atoms with van der Waals surface area (Å²) < 4.78 is 11.7. The molecule has 3 rings (SSSR count). The summed E-state index contributed by atoms with van der Waals surface area (Å²) in [6, 6.07) is 12.2. The van der Waals surface area contributed by atoms with Gasteiger partial charge in [0, 0.05) is 18.7 Å². The number of hydrogen-bond donors (Lipinski definition) is 1. The minimum absolute atomic E-state index is 0.0968. The zero-order valence-electron chi connectivity index (χ0n) is 20.7. The van der Waals surface area contributed by atoms with Crippen LogP contribution in [0.3, 0.4) is 0 Å². The zero-order chi connectivity index (χ0) is 26.2. The molecule has 8 nitrogen and oxygen atoms in total. The maximum atomic E-state index is 13.0. The Balaban J connectivity index is 1.73. The van der Waals surface area contributed by atoms with Crippen molar-refractivity contribution in [2.24, 2.45) is 0 Å². The van der Waals surface area contributed by atoms with E-state index in [1.54, 1.807) is 41.3 Å². The fourth-order valence-electron chi connectivity index (χ4n) is 3.40. The van der Waals surface area contributed by atoms with Crippen LogP contribution in [-0.2, 0) is 9.59 Å². The minimum Gasteiger partial charge on any atom is -0.490 e. The molecular weight excluding hydrogens is 498 g/mol. The Bertz CT molecular complexity index is 1180. The Kier molecular flexibility index (Phi) is 9.49. The van der Waals surface area contributed by atoms with Crippen molar-refractivity contribution in [1.82, 2.24) is 15.3 Å². The molecule has 0 saturated carbocycles. The summed E-state index contributed by atoms with van der Waals surface area (Å²) in [6.07, 6.45) is 1.67. The van der Waals surface area contributed by atoms with E-state index < -0.39 is 11.8 Å². The number of hydrazine groups is 1. The number of nitrogens with zero attached hydrogens (tertiary/aromatic N) is 2. The van der Waals surface area contributed by atoms with Gasteiger partial charge in [-0.05, 0) is 75.8 Å². The lowest BCUT2D eigenvalue weighted by atomic mass is 10.1. The molecule has 3 amide bonds. The highest BCUT2D eigenvalue weighted by Crippen LogP contribution is 2.34. The number of thiocarbonyl (C=S) groups is 1. The number of amides is 3. The molecule has 1 saturated heterocycles. The van der Waals surface area contributed by atoms with E-state index in [0.717, 1.165) is 22.3 Å². The summed E-state index contributed by atoms with van der Waals surface area (Å²) in [6.45, 7) is 9.13. The second-order valence-corrected chi connectivity index (χ2v) is 9.49. The largest absolute Gasteiger partial charge is 0.490 e. The molecule has 1 aliphatic heterocycles. The molecule has 1 fully saturated rings. The van der Waals surface area contributed by atoms with Gasteiger partial charge in [0.2, 0.25) is 0 Å². The number of carbonyl (C=O) groups excluding carboxylic acids is 3. The highest BCUT2D eigenvalue weighted by molar-refractivity contribution is 8.26. The smallest absolute Gasteiger partial charge is 0.285 e. The summed E-state index contributed by atoms with van der Waals surface area (Å²) in [4.78, 5) is 39.8. The number of thioether (sulfide) groups is 1. The molecule has 36 heavy (non-hydrogen) atoms. The van der Waals surface area contributed by atoms with Gasteiger partial charge in [-0.1, -0.05) is 35.5 Å². The lowest BCUT2D eigenvalue weighted by molar-refractivity contribution is -0.133. The van der Waals surface area contributed by atoms with Crippen LogP contribution >= 0.6 is 24.0 Å². The summed E-state index contributed by atoms with van der Waals surface area (Å²) in [5.74, 6) is -0.0578. The van der Waals surface area contributed by atoms with Gasteiger partial charge in [0.05, 0.1) is 11.5 Å². The van der Waals surface area contributed by atoms with Crippen molar-refractivity contribution in [1.29, 1.82) is 0 Å². The second-order valence-electron chi connectivity index (χ2n) is 7.82. The maximum Gasteiger partial charge on any atom is 0.285 e. The molecule has 1 heterocycles. The standard InChI is InChI=1S/C26H29N3O5S2/c1-5-28(6-2)23(30)16-34-20-13-10-18(14-21(20)33-7-3)15-22-25(32)29(26(35)36-22)27-24(31)19-11-8-17(4)9-12-19/h8-15H,5-7,16H2,1-4H3,(H,27,31)/b22-15+. The SMILES string of the molecule is CCOc1cc(/C=C2/SC(=S)N(NC(=O)c3ccc(C)cc3)C2=O)ccc1OCC(=O)N(CC)CC. The predicted molar refractivity (Wildman–Crippen MR) is 145 cm³/mol. The van der Waals surface area contributed by atoms with Crippen molar-refractivity contribution in [3.05, 3.63) is 64.1 Å². The van der Waals surface area contributed by atoms with Crippen molar-refractivity contribution in [3.8, 4) is 11.5 Å². The topological polar surface area (TPSA) is 88.2 Å². The first kappa shape index (κ1) is 27.2. The summed E-state index contributed by atoms with van der Waals surface area (Å²) in [7, 11) is 0. The van der Waals surface area contributed by atoms with Crippen LogP contribution in [0.1, 0.15) is 42.3 Å². The molecule has 0 bridgehead atoms. The molecule has 0 aliphatic carbocycles. The lowest BCUT2D eigenvalue weighted by Crippen LogP contribution is -2.44. The molecule has 1 N–H and O–H groups in total. The minimum atomic E-state index is -0.424. The third kappa shape index (κ3) is 6.64. The van der Waals surface area contributed by atoms with E-state index in [9.17, 15) is 14.4 Å². The predicted octanol–water partition coefficient (Wildman–Crippen LogP) is 4.19. The highest BCUT2D eigenvalue weighted by Gasteiger charge is 2.33. The molecule has 1 aliphatic rings. The molecule has 2 aromatic rings. The fraction of sp³-hybridized carbons (Fsp3) is 0.308. The van der Waals surface area contributed by atoms with Crippen LogP contribution in [0.5, 0.6) is 11.5 Å². The number of ether oxygens (including phenoxy) is 2. The molecule has 10 heteroatoms. The highest BCUT2D eigenvalue weighted by atomic mass is 32.2. The van der Waals surface area contributed by atoms with Gasteiger partial charge >= 0.3 is 0 Å². The summed E-state index contributed by atoms with van der Waals surface area (Å²) in [5.41, 5.74) is 4.72. The van der Waals surface area contributed by atoms with Crippen molar-refractivity contribution in [2.75, 3.05) is 26.3 Å². The maximum absolute atomic E-state index is 13.0. The van der Waals surface area contributed by atoms with Crippen LogP contribution in [-0.4, -0.2) is 58.3 Å². The third-order valence-electron chi connectivity index (χ3n) is 5.35. The van der Waals surface area contributed by atoms with Crippen molar-refractivity contribution in [2.45, 2.75) is 27.7 Å². The first-order valence-corrected chi connectivity index (χ1v) is 12.8. The van der Waals surface area contributed by atoms with Gasteiger partial charge in [-0.2, -0.15) is 5.01 Å². The zero-order valence-corrected chi connectivity index (χ0v) is 22.3. The number of likely N-dealkylation sites (N-methyl/N-ethyl adjacent to an activating group) is 1. The van der Waals surface area contributed by atoms with Gasteiger partial charge < -0.3 is 14.4 Å². The average molecular weight is 528 g/mol. The Labute approximate surface area is 220 Å². The number of aryl methyl sites for hydroxylation is 1. The fourth-order valence-corrected chi connectivity index (χ4v) is 4.58. The van der Waals surface area contributed by atoms with E-state index >= 15 is 0 Å². The Morgan fingerprint density at radius 3 is 2.39 bits per heavy atom. The third-order valence-corrected chi connectivity index (χ3v) is 6.66. The average Bonchev–Trinajstić information content (AvgIpc) is 3.12. The number of nitrogens with one attached hydrogen (secondary N) is 1. The second kappa shape index (κ2) is 12.5. The normalized spacial score (nSPS) is 14.2. The Morgan fingerprint density at radius 2 is 1.75 bits per heavy atom. The lowest BCUT2D eigenvalue weighted by Gasteiger charge is -2.19. The monoisotopic (exact) mass is 527 g/mol. The first-order chi connectivity index (χ1) is 17.3. The number of carbonyl (C=O) groups is 3. The van der Waals surface area contributed by atoms with Gasteiger partial charge in [-0.3, -0.25) is 19.8 Å². The summed E-state index contributed by atoms with van der Waals surface area (Å²) >= 11 is 6.41. The Morgan fingerprint density at radius 1 is 1.06 bits per heavy atom. The van der Waals surface area contributed by atoms with Crippen molar-refractivity contribution < 1.29 is 23.9 Å². The van der Waals surface area contributed by atoms with Crippen molar-refractivity contribution in [3.63, 3.8) is 0 Å².